The van der Waals surface area contributed by atoms with E-state index in [1.807, 2.05) is 60.7 Å². The molecule has 9 heteroatoms. The van der Waals surface area contributed by atoms with Gasteiger partial charge in [0, 0.05) is 44.9 Å². The zero-order valence-corrected chi connectivity index (χ0v) is 23.8. The largest absolute Gasteiger partial charge is 0.459 e. The molecule has 3 fully saturated rings. The third kappa shape index (κ3) is 5.89. The van der Waals surface area contributed by atoms with Crippen molar-refractivity contribution in [1.82, 2.24) is 0 Å². The van der Waals surface area contributed by atoms with Crippen LogP contribution in [0.1, 0.15) is 69.4 Å². The van der Waals surface area contributed by atoms with Gasteiger partial charge in [-0.25, -0.2) is 4.79 Å². The number of rotatable bonds is 11. The molecule has 0 aliphatic carbocycles. The minimum absolute atomic E-state index is 0.0425. The summed E-state index contributed by atoms with van der Waals surface area (Å²) in [5.41, 5.74) is 10.6. The minimum Gasteiger partial charge on any atom is -0.459 e. The van der Waals surface area contributed by atoms with Gasteiger partial charge in [0.2, 0.25) is 17.8 Å². The molecule has 9 nitrogen and oxygen atoms in total. The molecule has 1 spiro atoms. The van der Waals surface area contributed by atoms with Gasteiger partial charge in [-0.2, -0.15) is 0 Å². The number of benzene rings is 2. The van der Waals surface area contributed by atoms with Crippen LogP contribution in [0.3, 0.4) is 0 Å². The SMILES string of the molecule is C[C@H](OC(=O)[C@@H](N)CCC(N)=O)OC(C(=O)OC1CC2CCC(C1)[N+]21CCCC1)(c1ccccc1)c1ccccc1. The highest BCUT2D eigenvalue weighted by Crippen LogP contribution is 2.47. The Morgan fingerprint density at radius 2 is 1.46 bits per heavy atom. The summed E-state index contributed by atoms with van der Waals surface area (Å²) in [6.07, 6.45) is 5.26. The normalized spacial score (nSPS) is 24.5. The van der Waals surface area contributed by atoms with Crippen molar-refractivity contribution >= 4 is 17.8 Å². The van der Waals surface area contributed by atoms with E-state index in [2.05, 4.69) is 0 Å². The van der Waals surface area contributed by atoms with Crippen LogP contribution in [-0.4, -0.2) is 65.9 Å². The average molecular weight is 565 g/mol. The average Bonchev–Trinajstić information content (AvgIpc) is 3.51. The van der Waals surface area contributed by atoms with Crippen molar-refractivity contribution in [2.24, 2.45) is 11.5 Å². The number of nitrogens with zero attached hydrogens (tertiary/aromatic N) is 1. The summed E-state index contributed by atoms with van der Waals surface area (Å²) >= 11 is 0. The lowest BCUT2D eigenvalue weighted by Crippen LogP contribution is -2.60. The van der Waals surface area contributed by atoms with Crippen LogP contribution in [0, 0.1) is 0 Å². The summed E-state index contributed by atoms with van der Waals surface area (Å²) in [5.74, 6) is -1.83. The number of ether oxygens (including phenoxy) is 3. The molecular weight excluding hydrogens is 522 g/mol. The van der Waals surface area contributed by atoms with Crippen molar-refractivity contribution in [3.8, 4) is 0 Å². The van der Waals surface area contributed by atoms with Crippen LogP contribution in [0.4, 0.5) is 0 Å². The van der Waals surface area contributed by atoms with Crippen molar-refractivity contribution in [1.29, 1.82) is 0 Å². The lowest BCUT2D eigenvalue weighted by molar-refractivity contribution is -0.956. The van der Waals surface area contributed by atoms with Gasteiger partial charge in [-0.05, 0) is 24.5 Å². The molecule has 2 unspecified atom stereocenters. The second-order valence-electron chi connectivity index (χ2n) is 11.8. The van der Waals surface area contributed by atoms with E-state index in [0.717, 1.165) is 12.8 Å². The zero-order valence-electron chi connectivity index (χ0n) is 23.8. The number of nitrogens with two attached hydrogens (primary N) is 2. The molecule has 3 saturated heterocycles. The molecule has 4 N–H and O–H groups in total. The number of carbonyl (C=O) groups excluding carboxylic acids is 3. The summed E-state index contributed by atoms with van der Waals surface area (Å²) in [5, 5.41) is 0. The number of amides is 1. The predicted molar refractivity (Wildman–Crippen MR) is 152 cm³/mol. The summed E-state index contributed by atoms with van der Waals surface area (Å²) in [7, 11) is 0. The number of hydrogen-bond acceptors (Lipinski definition) is 7. The lowest BCUT2D eigenvalue weighted by atomic mass is 9.85. The standard InChI is InChI=1S/C32H41N3O6/c1-22(39-30(37)28(33)16-17-29(34)36)41-32(23-10-4-2-5-11-23,24-12-6-3-7-13-24)31(38)40-27-20-25-14-15-26(21-27)35(25)18-8-9-19-35/h2-7,10-13,22,25-28H,8-9,14-21,33H2,1H3,(H-,34,36)/p+1/t22-,25?,26?,27?,28+/m1/s1. The molecule has 4 atom stereocenters. The maximum Gasteiger partial charge on any atom is 0.348 e. The molecule has 3 aliphatic heterocycles. The van der Waals surface area contributed by atoms with Gasteiger partial charge in [0.25, 0.3) is 0 Å². The van der Waals surface area contributed by atoms with Crippen LogP contribution in [0.2, 0.25) is 0 Å². The number of quaternary nitrogens is 1. The van der Waals surface area contributed by atoms with Gasteiger partial charge in [-0.1, -0.05) is 60.7 Å². The van der Waals surface area contributed by atoms with E-state index in [4.69, 9.17) is 25.7 Å². The van der Waals surface area contributed by atoms with Gasteiger partial charge in [-0.15, -0.1) is 0 Å². The van der Waals surface area contributed by atoms with Gasteiger partial charge in [0.15, 0.2) is 0 Å². The molecule has 5 rings (SSSR count). The zero-order chi connectivity index (χ0) is 29.0. The maximum absolute atomic E-state index is 14.4. The van der Waals surface area contributed by atoms with E-state index in [0.29, 0.717) is 23.2 Å². The first-order valence-electron chi connectivity index (χ1n) is 14.9. The van der Waals surface area contributed by atoms with E-state index < -0.39 is 35.8 Å². The number of carbonyl (C=O) groups is 3. The molecule has 2 bridgehead atoms. The minimum atomic E-state index is -1.68. The molecule has 220 valence electrons. The van der Waals surface area contributed by atoms with Crippen molar-refractivity contribution in [2.75, 3.05) is 13.1 Å². The highest BCUT2D eigenvalue weighted by atomic mass is 16.7. The highest BCUT2D eigenvalue weighted by Gasteiger charge is 2.57. The van der Waals surface area contributed by atoms with Crippen molar-refractivity contribution in [2.45, 2.75) is 94.4 Å². The van der Waals surface area contributed by atoms with Crippen LogP contribution >= 0.6 is 0 Å². The van der Waals surface area contributed by atoms with Crippen LogP contribution in [-0.2, 0) is 34.2 Å². The number of primary amides is 1. The molecule has 0 aromatic heterocycles. The first kappa shape index (κ1) is 29.2. The Morgan fingerprint density at radius 3 is 1.98 bits per heavy atom. The van der Waals surface area contributed by atoms with Crippen molar-refractivity contribution < 1.29 is 33.1 Å². The Balaban J connectivity index is 1.41. The Kier molecular flexibility index (Phi) is 8.77. The highest BCUT2D eigenvalue weighted by molar-refractivity contribution is 5.86. The van der Waals surface area contributed by atoms with Crippen LogP contribution in [0.15, 0.2) is 60.7 Å². The molecule has 2 aromatic carbocycles. The second kappa shape index (κ2) is 12.3. The number of esters is 2. The Hall–Kier alpha value is -3.27. The lowest BCUT2D eigenvalue weighted by Gasteiger charge is -2.47. The smallest absolute Gasteiger partial charge is 0.348 e. The summed E-state index contributed by atoms with van der Waals surface area (Å²) in [4.78, 5) is 38.3. The Bertz CT molecular complexity index is 1160. The number of piperidine rings is 1. The molecule has 3 heterocycles. The maximum atomic E-state index is 14.4. The molecule has 3 aliphatic rings. The topological polar surface area (TPSA) is 131 Å². The van der Waals surface area contributed by atoms with E-state index in [1.165, 1.54) is 43.3 Å². The quantitative estimate of drug-likeness (QED) is 0.243. The first-order valence-corrected chi connectivity index (χ1v) is 14.9. The second-order valence-corrected chi connectivity index (χ2v) is 11.8. The molecule has 41 heavy (non-hydrogen) atoms. The molecular formula is C32H42N3O6+. The van der Waals surface area contributed by atoms with E-state index in [-0.39, 0.29) is 18.9 Å². The first-order chi connectivity index (χ1) is 19.7. The Labute approximate surface area is 241 Å². The monoisotopic (exact) mass is 564 g/mol. The molecule has 2 aromatic rings. The van der Waals surface area contributed by atoms with E-state index in [1.54, 1.807) is 6.92 Å². The fraction of sp³-hybridized carbons (Fsp3) is 0.531. The summed E-state index contributed by atoms with van der Waals surface area (Å²) < 4.78 is 19.6. The predicted octanol–water partition coefficient (Wildman–Crippen LogP) is 3.28. The van der Waals surface area contributed by atoms with E-state index in [9.17, 15) is 14.4 Å². The van der Waals surface area contributed by atoms with Crippen LogP contribution in [0.5, 0.6) is 0 Å². The van der Waals surface area contributed by atoms with Gasteiger partial charge >= 0.3 is 11.9 Å². The van der Waals surface area contributed by atoms with Crippen LogP contribution in [0.25, 0.3) is 0 Å². The third-order valence-corrected chi connectivity index (χ3v) is 9.31. The van der Waals surface area contributed by atoms with Gasteiger partial charge in [0.05, 0.1) is 25.2 Å². The fourth-order valence-corrected chi connectivity index (χ4v) is 7.41. The Morgan fingerprint density at radius 1 is 0.927 bits per heavy atom. The van der Waals surface area contributed by atoms with Gasteiger partial charge in [-0.3, -0.25) is 9.59 Å². The van der Waals surface area contributed by atoms with E-state index >= 15 is 0 Å². The van der Waals surface area contributed by atoms with Crippen molar-refractivity contribution in [3.63, 3.8) is 0 Å². The third-order valence-electron chi connectivity index (χ3n) is 9.31. The number of hydrogen-bond donors (Lipinski definition) is 2. The molecule has 1 amide bonds. The van der Waals surface area contributed by atoms with Gasteiger partial charge in [0.1, 0.15) is 12.1 Å². The van der Waals surface area contributed by atoms with Crippen molar-refractivity contribution in [3.05, 3.63) is 71.8 Å². The van der Waals surface area contributed by atoms with Crippen LogP contribution < -0.4 is 11.5 Å². The summed E-state index contributed by atoms with van der Waals surface area (Å²) in [6, 6.07) is 18.3. The van der Waals surface area contributed by atoms with Gasteiger partial charge < -0.3 is 30.2 Å². The fourth-order valence-electron chi connectivity index (χ4n) is 7.41. The molecule has 0 radical (unpaired) electrons. The molecule has 0 saturated carbocycles. The summed E-state index contributed by atoms with van der Waals surface area (Å²) in [6.45, 7) is 4.03.